The Bertz CT molecular complexity index is 1100. The lowest BCUT2D eigenvalue weighted by Crippen LogP contribution is -2.25. The van der Waals surface area contributed by atoms with Crippen LogP contribution in [0, 0.1) is 0 Å². The van der Waals surface area contributed by atoms with Gasteiger partial charge in [0.15, 0.2) is 27.1 Å². The predicted octanol–water partition coefficient (Wildman–Crippen LogP) is 3.50. The summed E-state index contributed by atoms with van der Waals surface area (Å²) in [4.78, 5) is 12.3. The van der Waals surface area contributed by atoms with Gasteiger partial charge in [0.25, 0.3) is 5.91 Å². The first-order valence-electron chi connectivity index (χ1n) is 7.85. The highest BCUT2D eigenvalue weighted by Crippen LogP contribution is 2.43. The Morgan fingerprint density at radius 2 is 1.86 bits per heavy atom. The highest BCUT2D eigenvalue weighted by molar-refractivity contribution is 7.94. The van der Waals surface area contributed by atoms with Crippen LogP contribution in [-0.4, -0.2) is 26.9 Å². The fourth-order valence-electron chi connectivity index (χ4n) is 2.57. The quantitative estimate of drug-likeness (QED) is 0.757. The molecule has 1 aromatic heterocycles. The van der Waals surface area contributed by atoms with E-state index >= 15 is 0 Å². The number of carbonyl (C=O) groups excluding carboxylic acids is 1. The third kappa shape index (κ3) is 3.91. The van der Waals surface area contributed by atoms with Crippen molar-refractivity contribution >= 4 is 26.7 Å². The van der Waals surface area contributed by atoms with Crippen molar-refractivity contribution in [3.8, 4) is 11.5 Å². The molecule has 0 saturated heterocycles. The number of hydrogen-bond donors (Lipinski definition) is 1. The molecule has 0 saturated carbocycles. The van der Waals surface area contributed by atoms with Crippen molar-refractivity contribution in [1.29, 1.82) is 0 Å². The van der Waals surface area contributed by atoms with E-state index in [2.05, 4.69) is 21.4 Å². The maximum Gasteiger partial charge on any atom is 0.586 e. The third-order valence-electron chi connectivity index (χ3n) is 3.72. The minimum Gasteiger partial charge on any atom is -0.451 e. The number of amides is 1. The van der Waals surface area contributed by atoms with Crippen LogP contribution in [0.2, 0.25) is 0 Å². The Hall–Kier alpha value is -3.14. The summed E-state index contributed by atoms with van der Waals surface area (Å²) in [6.07, 6.45) is 1.36. The molecule has 0 atom stereocenters. The van der Waals surface area contributed by atoms with Crippen molar-refractivity contribution < 1.29 is 35.9 Å². The lowest BCUT2D eigenvalue weighted by Gasteiger charge is -2.08. The Kier molecular flexibility index (Phi) is 4.76. The zero-order valence-corrected chi connectivity index (χ0v) is 15.6. The molecule has 148 valence electrons. The number of ether oxygens (including phenoxy) is 2. The van der Waals surface area contributed by atoms with Crippen LogP contribution in [0.3, 0.4) is 0 Å². The van der Waals surface area contributed by atoms with E-state index in [0.29, 0.717) is 5.39 Å². The molecule has 0 radical (unpaired) electrons. The van der Waals surface area contributed by atoms with Gasteiger partial charge in [-0.25, -0.2) is 8.42 Å². The highest BCUT2D eigenvalue weighted by atomic mass is 32.2. The first-order valence-corrected chi connectivity index (χ1v) is 9.74. The van der Waals surface area contributed by atoms with Crippen molar-refractivity contribution in [2.75, 3.05) is 6.26 Å². The van der Waals surface area contributed by atoms with E-state index in [1.54, 1.807) is 0 Å². The molecule has 28 heavy (non-hydrogen) atoms. The van der Waals surface area contributed by atoms with Gasteiger partial charge < -0.3 is 19.2 Å². The molecule has 2 aromatic rings. The summed E-state index contributed by atoms with van der Waals surface area (Å²) in [6.45, 7) is 4.89. The Labute approximate surface area is 158 Å². The van der Waals surface area contributed by atoms with Crippen molar-refractivity contribution in [2.45, 2.75) is 13.2 Å². The van der Waals surface area contributed by atoms with E-state index in [9.17, 15) is 22.0 Å². The van der Waals surface area contributed by atoms with Gasteiger partial charge in [-0.15, -0.1) is 8.78 Å². The van der Waals surface area contributed by atoms with Gasteiger partial charge in [-0.05, 0) is 25.1 Å². The second-order valence-electron chi connectivity index (χ2n) is 5.93. The molecule has 3 rings (SSSR count). The molecule has 0 spiro atoms. The van der Waals surface area contributed by atoms with Crippen LogP contribution in [0.15, 0.2) is 58.0 Å². The molecule has 7 nitrogen and oxygen atoms in total. The lowest BCUT2D eigenvalue weighted by atomic mass is 10.2. The summed E-state index contributed by atoms with van der Waals surface area (Å²) in [7, 11) is -3.61. The SMILES string of the molecule is C=C/C=C\C(=C(/C)NC(=O)c1cc2cc3c(cc2o1)OC(F)(F)O3)S(C)(=O)=O. The van der Waals surface area contributed by atoms with E-state index in [1.165, 1.54) is 43.4 Å². The maximum absolute atomic E-state index is 13.1. The zero-order chi connectivity index (χ0) is 20.7. The van der Waals surface area contributed by atoms with Gasteiger partial charge in [0.2, 0.25) is 0 Å². The summed E-state index contributed by atoms with van der Waals surface area (Å²) in [5.41, 5.74) is 0.210. The van der Waals surface area contributed by atoms with Crippen LogP contribution in [0.25, 0.3) is 11.0 Å². The summed E-state index contributed by atoms with van der Waals surface area (Å²) in [5, 5.41) is 2.78. The van der Waals surface area contributed by atoms with Gasteiger partial charge in [0.1, 0.15) is 5.58 Å². The maximum atomic E-state index is 13.1. The first-order chi connectivity index (χ1) is 13.0. The van der Waals surface area contributed by atoms with E-state index in [1.807, 2.05) is 0 Å². The van der Waals surface area contributed by atoms with Crippen LogP contribution in [0.1, 0.15) is 17.5 Å². The molecule has 0 bridgehead atoms. The van der Waals surface area contributed by atoms with Gasteiger partial charge in [-0.3, -0.25) is 4.79 Å². The van der Waals surface area contributed by atoms with Gasteiger partial charge in [-0.1, -0.05) is 18.7 Å². The van der Waals surface area contributed by atoms with Crippen LogP contribution in [-0.2, 0) is 9.84 Å². The number of fused-ring (bicyclic) bond motifs is 2. The minimum atomic E-state index is -3.76. The molecule has 1 amide bonds. The monoisotopic (exact) mass is 411 g/mol. The molecule has 1 aromatic carbocycles. The van der Waals surface area contributed by atoms with Crippen LogP contribution >= 0.6 is 0 Å². The summed E-state index contributed by atoms with van der Waals surface area (Å²) in [6, 6.07) is 3.75. The van der Waals surface area contributed by atoms with Gasteiger partial charge in [0, 0.05) is 23.4 Å². The average Bonchev–Trinajstić information content (AvgIpc) is 3.09. The Morgan fingerprint density at radius 3 is 2.46 bits per heavy atom. The van der Waals surface area contributed by atoms with Crippen molar-refractivity contribution in [2.24, 2.45) is 0 Å². The standard InChI is InChI=1S/C18H15F2NO6S/c1-4-5-6-16(28(3,23)24)10(2)21-17(22)15-8-11-7-13-14(9-12(11)25-15)27-18(19,20)26-13/h4-9H,1H2,2-3H3,(H,21,22)/b6-5-,16-10-. The van der Waals surface area contributed by atoms with Gasteiger partial charge in [-0.2, -0.15) is 0 Å². The topological polar surface area (TPSA) is 94.8 Å². The Balaban J connectivity index is 1.91. The van der Waals surface area contributed by atoms with Crippen molar-refractivity contribution in [3.63, 3.8) is 0 Å². The highest BCUT2D eigenvalue weighted by Gasteiger charge is 2.43. The van der Waals surface area contributed by atoms with Crippen LogP contribution in [0.4, 0.5) is 8.78 Å². The normalized spacial score (nSPS) is 16.3. The molecular weight excluding hydrogens is 396 g/mol. The van der Waals surface area contributed by atoms with E-state index in [4.69, 9.17) is 4.42 Å². The molecule has 0 fully saturated rings. The fourth-order valence-corrected chi connectivity index (χ4v) is 3.50. The molecule has 1 aliphatic heterocycles. The number of alkyl halides is 2. The van der Waals surface area contributed by atoms with Gasteiger partial charge in [0.05, 0.1) is 4.91 Å². The number of sulfone groups is 1. The lowest BCUT2D eigenvalue weighted by molar-refractivity contribution is -0.286. The van der Waals surface area contributed by atoms with Crippen molar-refractivity contribution in [3.05, 3.63) is 59.4 Å². The smallest absolute Gasteiger partial charge is 0.451 e. The second-order valence-corrected chi connectivity index (χ2v) is 7.91. The summed E-state index contributed by atoms with van der Waals surface area (Å²) in [5.74, 6) is -1.27. The fraction of sp³-hybridized carbons (Fsp3) is 0.167. The zero-order valence-electron chi connectivity index (χ0n) is 14.8. The van der Waals surface area contributed by atoms with Crippen LogP contribution < -0.4 is 14.8 Å². The second kappa shape index (κ2) is 6.79. The largest absolute Gasteiger partial charge is 0.586 e. The molecule has 1 aliphatic rings. The van der Waals surface area contributed by atoms with Crippen LogP contribution in [0.5, 0.6) is 11.5 Å². The first kappa shape index (κ1) is 19.6. The number of furan rings is 1. The number of halogens is 2. The van der Waals surface area contributed by atoms with E-state index in [-0.39, 0.29) is 33.4 Å². The molecule has 0 aliphatic carbocycles. The Morgan fingerprint density at radius 1 is 1.21 bits per heavy atom. The number of benzene rings is 1. The third-order valence-corrected chi connectivity index (χ3v) is 4.96. The number of hydrogen-bond acceptors (Lipinski definition) is 6. The predicted molar refractivity (Wildman–Crippen MR) is 96.8 cm³/mol. The molecular formula is C18H15F2NO6S. The van der Waals surface area contributed by atoms with Gasteiger partial charge >= 0.3 is 6.29 Å². The molecule has 2 heterocycles. The number of rotatable bonds is 5. The average molecular weight is 411 g/mol. The van der Waals surface area contributed by atoms with E-state index in [0.717, 1.165) is 6.26 Å². The summed E-state index contributed by atoms with van der Waals surface area (Å²) < 4.78 is 64.1. The number of allylic oxidation sites excluding steroid dienone is 4. The number of nitrogens with one attached hydrogen (secondary N) is 1. The number of carbonyl (C=O) groups is 1. The minimum absolute atomic E-state index is 0.0832. The molecule has 0 unspecified atom stereocenters. The van der Waals surface area contributed by atoms with E-state index < -0.39 is 22.0 Å². The molecule has 1 N–H and O–H groups in total. The molecule has 10 heteroatoms. The van der Waals surface area contributed by atoms with Crippen molar-refractivity contribution in [1.82, 2.24) is 5.32 Å². The summed E-state index contributed by atoms with van der Waals surface area (Å²) >= 11 is 0.